The summed E-state index contributed by atoms with van der Waals surface area (Å²) in [5.41, 5.74) is 0.998. The highest BCUT2D eigenvalue weighted by Gasteiger charge is 2.21. The Bertz CT molecular complexity index is 498. The molecule has 0 spiro atoms. The molecule has 0 aliphatic heterocycles. The summed E-state index contributed by atoms with van der Waals surface area (Å²) in [7, 11) is 1.60. The van der Waals surface area contributed by atoms with Gasteiger partial charge in [0.2, 0.25) is 0 Å². The summed E-state index contributed by atoms with van der Waals surface area (Å²) in [5.74, 6) is 1.09. The fraction of sp³-hybridized carbons (Fsp3) is 0.438. The van der Waals surface area contributed by atoms with Gasteiger partial charge in [0.1, 0.15) is 0 Å². The molecule has 1 aromatic carbocycles. The maximum absolute atomic E-state index is 11.6. The molecule has 0 heterocycles. The van der Waals surface area contributed by atoms with Crippen LogP contribution in [0, 0.1) is 0 Å². The number of para-hydroxylation sites is 1. The average Bonchev–Trinajstić information content (AvgIpc) is 3.33. The van der Waals surface area contributed by atoms with Gasteiger partial charge >= 0.3 is 0 Å². The molecule has 1 aliphatic rings. The molecular formula is C16H22N2O3. The molecule has 1 saturated carbocycles. The number of ether oxygens (including phenoxy) is 2. The van der Waals surface area contributed by atoms with E-state index in [1.165, 1.54) is 12.8 Å². The SMILES string of the molecule is C=CCNC(=O)COc1c(CNC2CC2)cccc1OC. The predicted octanol–water partition coefficient (Wildman–Crippen LogP) is 1.63. The van der Waals surface area contributed by atoms with Crippen LogP contribution in [0.15, 0.2) is 30.9 Å². The lowest BCUT2D eigenvalue weighted by Gasteiger charge is -2.15. The summed E-state index contributed by atoms with van der Waals surface area (Å²) in [5, 5.41) is 6.12. The minimum atomic E-state index is -0.179. The molecular weight excluding hydrogens is 268 g/mol. The van der Waals surface area contributed by atoms with Gasteiger partial charge in [-0.1, -0.05) is 18.2 Å². The maximum atomic E-state index is 11.6. The smallest absolute Gasteiger partial charge is 0.258 e. The van der Waals surface area contributed by atoms with Crippen LogP contribution in [0.4, 0.5) is 0 Å². The topological polar surface area (TPSA) is 59.6 Å². The van der Waals surface area contributed by atoms with E-state index in [-0.39, 0.29) is 12.5 Å². The fourth-order valence-corrected chi connectivity index (χ4v) is 1.94. The Kier molecular flexibility index (Phi) is 5.63. The number of hydrogen-bond donors (Lipinski definition) is 2. The van der Waals surface area contributed by atoms with Gasteiger partial charge in [-0.05, 0) is 18.9 Å². The van der Waals surface area contributed by atoms with Gasteiger partial charge in [0.05, 0.1) is 7.11 Å². The third-order valence-electron chi connectivity index (χ3n) is 3.23. The molecule has 0 bridgehead atoms. The zero-order chi connectivity index (χ0) is 15.1. The van der Waals surface area contributed by atoms with E-state index >= 15 is 0 Å². The van der Waals surface area contributed by atoms with Crippen molar-refractivity contribution in [3.05, 3.63) is 36.4 Å². The molecule has 21 heavy (non-hydrogen) atoms. The zero-order valence-corrected chi connectivity index (χ0v) is 12.4. The Morgan fingerprint density at radius 2 is 2.29 bits per heavy atom. The van der Waals surface area contributed by atoms with Gasteiger partial charge in [0.25, 0.3) is 5.91 Å². The fourth-order valence-electron chi connectivity index (χ4n) is 1.94. The monoisotopic (exact) mass is 290 g/mol. The van der Waals surface area contributed by atoms with Crippen molar-refractivity contribution in [2.75, 3.05) is 20.3 Å². The highest BCUT2D eigenvalue weighted by Crippen LogP contribution is 2.31. The van der Waals surface area contributed by atoms with Gasteiger partial charge in [0.15, 0.2) is 18.1 Å². The first-order valence-electron chi connectivity index (χ1n) is 7.14. The minimum absolute atomic E-state index is 0.0371. The normalized spacial score (nSPS) is 13.6. The highest BCUT2D eigenvalue weighted by atomic mass is 16.5. The van der Waals surface area contributed by atoms with Crippen LogP contribution in [0.1, 0.15) is 18.4 Å². The van der Waals surface area contributed by atoms with E-state index in [4.69, 9.17) is 9.47 Å². The van der Waals surface area contributed by atoms with E-state index in [9.17, 15) is 4.79 Å². The lowest BCUT2D eigenvalue weighted by Crippen LogP contribution is -2.29. The summed E-state index contributed by atoms with van der Waals surface area (Å²) in [4.78, 5) is 11.6. The molecule has 1 aromatic rings. The molecule has 114 valence electrons. The number of hydrogen-bond acceptors (Lipinski definition) is 4. The second kappa shape index (κ2) is 7.69. The number of benzene rings is 1. The molecule has 0 unspecified atom stereocenters. The minimum Gasteiger partial charge on any atom is -0.493 e. The van der Waals surface area contributed by atoms with Crippen molar-refractivity contribution in [2.45, 2.75) is 25.4 Å². The standard InChI is InChI=1S/C16H22N2O3/c1-3-9-17-15(19)11-21-16-12(10-18-13-7-8-13)5-4-6-14(16)20-2/h3-6,13,18H,1,7-11H2,2H3,(H,17,19). The van der Waals surface area contributed by atoms with Gasteiger partial charge in [-0.15, -0.1) is 6.58 Å². The molecule has 0 saturated heterocycles. The van der Waals surface area contributed by atoms with E-state index in [1.54, 1.807) is 13.2 Å². The van der Waals surface area contributed by atoms with Crippen LogP contribution in [-0.2, 0) is 11.3 Å². The molecule has 5 nitrogen and oxygen atoms in total. The van der Waals surface area contributed by atoms with Crippen molar-refractivity contribution in [1.82, 2.24) is 10.6 Å². The van der Waals surface area contributed by atoms with Crippen LogP contribution in [0.2, 0.25) is 0 Å². The number of rotatable bonds is 9. The van der Waals surface area contributed by atoms with Crippen molar-refractivity contribution in [3.63, 3.8) is 0 Å². The number of carbonyl (C=O) groups excluding carboxylic acids is 1. The summed E-state index contributed by atoms with van der Waals surface area (Å²) in [6.07, 6.45) is 4.08. The second-order valence-corrected chi connectivity index (χ2v) is 4.99. The van der Waals surface area contributed by atoms with E-state index in [0.29, 0.717) is 30.6 Å². The second-order valence-electron chi connectivity index (χ2n) is 4.99. The summed E-state index contributed by atoms with van der Waals surface area (Å²) < 4.78 is 11.0. The first kappa shape index (κ1) is 15.4. The first-order valence-corrected chi connectivity index (χ1v) is 7.14. The van der Waals surface area contributed by atoms with Gasteiger partial charge in [-0.3, -0.25) is 4.79 Å². The highest BCUT2D eigenvalue weighted by molar-refractivity contribution is 5.77. The van der Waals surface area contributed by atoms with Gasteiger partial charge in [0, 0.05) is 24.7 Å². The quantitative estimate of drug-likeness (QED) is 0.679. The van der Waals surface area contributed by atoms with Crippen molar-refractivity contribution >= 4 is 5.91 Å². The third kappa shape index (κ3) is 4.79. The molecule has 1 aliphatic carbocycles. The summed E-state index contributed by atoms with van der Waals surface area (Å²) in [6, 6.07) is 6.35. The molecule has 1 amide bonds. The number of methoxy groups -OCH3 is 1. The van der Waals surface area contributed by atoms with Crippen LogP contribution in [0.5, 0.6) is 11.5 Å². The van der Waals surface area contributed by atoms with E-state index in [2.05, 4.69) is 17.2 Å². The first-order chi connectivity index (χ1) is 10.2. The number of nitrogens with one attached hydrogen (secondary N) is 2. The molecule has 2 N–H and O–H groups in total. The number of carbonyl (C=O) groups is 1. The Hall–Kier alpha value is -2.01. The van der Waals surface area contributed by atoms with Crippen molar-refractivity contribution < 1.29 is 14.3 Å². The van der Waals surface area contributed by atoms with E-state index in [0.717, 1.165) is 5.56 Å². The number of amides is 1. The Balaban J connectivity index is 1.99. The lowest BCUT2D eigenvalue weighted by molar-refractivity contribution is -0.122. The van der Waals surface area contributed by atoms with E-state index < -0.39 is 0 Å². The molecule has 5 heteroatoms. The van der Waals surface area contributed by atoms with Crippen molar-refractivity contribution in [2.24, 2.45) is 0 Å². The summed E-state index contributed by atoms with van der Waals surface area (Å²) >= 11 is 0. The van der Waals surface area contributed by atoms with Gasteiger partial charge in [-0.2, -0.15) is 0 Å². The van der Waals surface area contributed by atoms with E-state index in [1.807, 2.05) is 18.2 Å². The van der Waals surface area contributed by atoms with Crippen LogP contribution in [0.3, 0.4) is 0 Å². The Morgan fingerprint density at radius 3 is 2.95 bits per heavy atom. The Morgan fingerprint density at radius 1 is 1.48 bits per heavy atom. The van der Waals surface area contributed by atoms with Gasteiger partial charge in [-0.25, -0.2) is 0 Å². The van der Waals surface area contributed by atoms with Crippen LogP contribution in [0.25, 0.3) is 0 Å². The van der Waals surface area contributed by atoms with Crippen LogP contribution >= 0.6 is 0 Å². The molecule has 0 atom stereocenters. The summed E-state index contributed by atoms with van der Waals surface area (Å²) in [6.45, 7) is 4.67. The maximum Gasteiger partial charge on any atom is 0.258 e. The average molecular weight is 290 g/mol. The van der Waals surface area contributed by atoms with Crippen LogP contribution in [-0.4, -0.2) is 32.2 Å². The van der Waals surface area contributed by atoms with Crippen molar-refractivity contribution in [3.8, 4) is 11.5 Å². The molecule has 1 fully saturated rings. The molecule has 2 rings (SSSR count). The largest absolute Gasteiger partial charge is 0.493 e. The van der Waals surface area contributed by atoms with Crippen LogP contribution < -0.4 is 20.1 Å². The molecule has 0 radical (unpaired) electrons. The van der Waals surface area contributed by atoms with Crippen molar-refractivity contribution in [1.29, 1.82) is 0 Å². The Labute approximate surface area is 125 Å². The third-order valence-corrected chi connectivity index (χ3v) is 3.23. The van der Waals surface area contributed by atoms with Gasteiger partial charge < -0.3 is 20.1 Å². The zero-order valence-electron chi connectivity index (χ0n) is 12.4. The lowest BCUT2D eigenvalue weighted by atomic mass is 10.2. The predicted molar refractivity (Wildman–Crippen MR) is 81.6 cm³/mol. The molecule has 0 aromatic heterocycles.